The Bertz CT molecular complexity index is 833. The zero-order valence-corrected chi connectivity index (χ0v) is 17.4. The van der Waals surface area contributed by atoms with Crippen molar-refractivity contribution in [1.29, 1.82) is 0 Å². The van der Waals surface area contributed by atoms with Gasteiger partial charge in [-0.05, 0) is 31.4 Å². The molecule has 156 valence electrons. The lowest BCUT2D eigenvalue weighted by molar-refractivity contribution is -0.154. The van der Waals surface area contributed by atoms with Crippen molar-refractivity contribution in [3.8, 4) is 0 Å². The number of para-hydroxylation sites is 1. The van der Waals surface area contributed by atoms with Crippen LogP contribution in [0.2, 0.25) is 0 Å². The van der Waals surface area contributed by atoms with Gasteiger partial charge in [0.05, 0.1) is 27.7 Å². The number of nitrogens with zero attached hydrogens (tertiary/aromatic N) is 1. The normalized spacial score (nSPS) is 18.9. The molecule has 3 rings (SSSR count). The van der Waals surface area contributed by atoms with Gasteiger partial charge in [0.2, 0.25) is 5.91 Å². The van der Waals surface area contributed by atoms with Crippen LogP contribution in [0.4, 0.5) is 0 Å². The highest BCUT2D eigenvalue weighted by molar-refractivity contribution is 7.18. The van der Waals surface area contributed by atoms with Gasteiger partial charge in [-0.1, -0.05) is 31.9 Å². The monoisotopic (exact) mass is 417 g/mol. The number of hydrogen-bond acceptors (Lipinski definition) is 6. The van der Waals surface area contributed by atoms with Crippen molar-refractivity contribution in [1.82, 2.24) is 15.6 Å². The summed E-state index contributed by atoms with van der Waals surface area (Å²) >= 11 is 1.62. The van der Waals surface area contributed by atoms with Crippen molar-refractivity contribution in [3.05, 3.63) is 29.3 Å². The molecule has 1 aliphatic carbocycles. The lowest BCUT2D eigenvalue weighted by Crippen LogP contribution is -2.39. The molecule has 2 N–H and O–H groups in total. The Morgan fingerprint density at radius 1 is 1.14 bits per heavy atom. The van der Waals surface area contributed by atoms with Crippen LogP contribution in [0.3, 0.4) is 0 Å². The number of thiazole rings is 1. The number of nitrogens with one attached hydrogen (secondary N) is 2. The fourth-order valence-electron chi connectivity index (χ4n) is 3.56. The largest absolute Gasteiger partial charge is 0.455 e. The van der Waals surface area contributed by atoms with E-state index >= 15 is 0 Å². The van der Waals surface area contributed by atoms with Gasteiger partial charge in [-0.15, -0.1) is 11.3 Å². The highest BCUT2D eigenvalue weighted by atomic mass is 32.1. The van der Waals surface area contributed by atoms with Gasteiger partial charge < -0.3 is 15.4 Å². The van der Waals surface area contributed by atoms with Crippen molar-refractivity contribution in [2.45, 2.75) is 44.9 Å². The van der Waals surface area contributed by atoms with Gasteiger partial charge in [-0.3, -0.25) is 14.4 Å². The van der Waals surface area contributed by atoms with E-state index in [4.69, 9.17) is 9.72 Å². The first-order valence-corrected chi connectivity index (χ1v) is 11.0. The third kappa shape index (κ3) is 5.76. The van der Waals surface area contributed by atoms with E-state index in [0.29, 0.717) is 6.54 Å². The average molecular weight is 418 g/mol. The van der Waals surface area contributed by atoms with Gasteiger partial charge in [0.15, 0.2) is 6.61 Å². The number of amides is 2. The fourth-order valence-corrected chi connectivity index (χ4v) is 4.73. The molecule has 1 aromatic carbocycles. The van der Waals surface area contributed by atoms with Gasteiger partial charge in [0.25, 0.3) is 5.91 Å². The Morgan fingerprint density at radius 2 is 1.93 bits per heavy atom. The Labute approximate surface area is 174 Å². The Morgan fingerprint density at radius 3 is 2.72 bits per heavy atom. The molecule has 0 bridgehead atoms. The summed E-state index contributed by atoms with van der Waals surface area (Å²) in [5.41, 5.74) is 0.950. The number of carbonyl (C=O) groups is 3. The summed E-state index contributed by atoms with van der Waals surface area (Å²) < 4.78 is 6.39. The van der Waals surface area contributed by atoms with E-state index in [9.17, 15) is 14.4 Å². The number of aromatic nitrogens is 1. The molecule has 0 radical (unpaired) electrons. The van der Waals surface area contributed by atoms with Gasteiger partial charge in [0, 0.05) is 12.5 Å². The maximum Gasteiger partial charge on any atom is 0.310 e. The number of ether oxygens (including phenoxy) is 1. The fraction of sp³-hybridized carbons (Fsp3) is 0.524. The summed E-state index contributed by atoms with van der Waals surface area (Å²) in [4.78, 5) is 40.8. The predicted molar refractivity (Wildman–Crippen MR) is 112 cm³/mol. The van der Waals surface area contributed by atoms with Gasteiger partial charge in [-0.25, -0.2) is 4.98 Å². The number of carbonyl (C=O) groups excluding carboxylic acids is 3. The predicted octanol–water partition coefficient (Wildman–Crippen LogP) is 2.76. The summed E-state index contributed by atoms with van der Waals surface area (Å²) in [6.07, 6.45) is 4.47. The Hall–Kier alpha value is -2.48. The number of fused-ring (bicyclic) bond motifs is 1. The smallest absolute Gasteiger partial charge is 0.310 e. The van der Waals surface area contributed by atoms with Crippen LogP contribution in [-0.4, -0.2) is 42.5 Å². The summed E-state index contributed by atoms with van der Waals surface area (Å²) in [7, 11) is 0. The average Bonchev–Trinajstić information content (AvgIpc) is 3.18. The van der Waals surface area contributed by atoms with Crippen LogP contribution in [0.5, 0.6) is 0 Å². The number of hydrogen-bond donors (Lipinski definition) is 2. The van der Waals surface area contributed by atoms with E-state index in [1.54, 1.807) is 11.3 Å². The molecule has 8 heteroatoms. The van der Waals surface area contributed by atoms with Crippen LogP contribution in [0.25, 0.3) is 10.2 Å². The van der Waals surface area contributed by atoms with Crippen molar-refractivity contribution < 1.29 is 19.1 Å². The van der Waals surface area contributed by atoms with E-state index in [2.05, 4.69) is 10.6 Å². The molecule has 0 aliphatic heterocycles. The van der Waals surface area contributed by atoms with Crippen LogP contribution in [0.1, 0.15) is 50.0 Å². The zero-order valence-electron chi connectivity index (χ0n) is 16.6. The lowest BCUT2D eigenvalue weighted by atomic mass is 9.79. The molecule has 1 aromatic heterocycles. The molecule has 1 aliphatic rings. The first kappa shape index (κ1) is 21.2. The molecule has 2 aromatic rings. The summed E-state index contributed by atoms with van der Waals surface area (Å²) in [6, 6.07) is 7.96. The van der Waals surface area contributed by atoms with Crippen LogP contribution in [0.15, 0.2) is 24.3 Å². The molecule has 0 spiro atoms. The van der Waals surface area contributed by atoms with Gasteiger partial charge >= 0.3 is 5.97 Å². The SMILES string of the molecule is CCCNC(=O)CNC(=O)COC(=O)[C@@H]1CCCC[C@@H]1c1nc2ccccc2s1. The van der Waals surface area contributed by atoms with Crippen molar-refractivity contribution in [3.63, 3.8) is 0 Å². The van der Waals surface area contributed by atoms with Gasteiger partial charge in [-0.2, -0.15) is 0 Å². The molecular formula is C21H27N3O4S. The van der Waals surface area contributed by atoms with E-state index in [1.165, 1.54) is 0 Å². The van der Waals surface area contributed by atoms with E-state index in [0.717, 1.165) is 47.3 Å². The van der Waals surface area contributed by atoms with Crippen molar-refractivity contribution in [2.24, 2.45) is 5.92 Å². The second-order valence-electron chi connectivity index (χ2n) is 7.25. The maximum absolute atomic E-state index is 12.7. The van der Waals surface area contributed by atoms with Gasteiger partial charge in [0.1, 0.15) is 0 Å². The highest BCUT2D eigenvalue weighted by Crippen LogP contribution is 2.41. The standard InChI is InChI=1S/C21H27N3O4S/c1-2-11-22-18(25)12-23-19(26)13-28-21(27)15-8-4-3-7-14(15)20-24-16-9-5-6-10-17(16)29-20/h5-6,9-10,14-15H,2-4,7-8,11-13H2,1H3,(H,22,25)(H,23,26)/t14-,15+/m0/s1. The topological polar surface area (TPSA) is 97.4 Å². The summed E-state index contributed by atoms with van der Waals surface area (Å²) in [5.74, 6) is -1.35. The molecule has 1 fully saturated rings. The number of rotatable bonds is 8. The molecule has 1 saturated carbocycles. The minimum absolute atomic E-state index is 0.0246. The van der Waals surface area contributed by atoms with E-state index in [-0.39, 0.29) is 36.9 Å². The zero-order chi connectivity index (χ0) is 20.6. The third-order valence-corrected chi connectivity index (χ3v) is 6.23. The van der Waals surface area contributed by atoms with Crippen LogP contribution < -0.4 is 10.6 Å². The van der Waals surface area contributed by atoms with E-state index in [1.807, 2.05) is 31.2 Å². The number of benzene rings is 1. The molecular weight excluding hydrogens is 390 g/mol. The summed E-state index contributed by atoms with van der Waals surface area (Å²) in [6.45, 7) is 2.03. The highest BCUT2D eigenvalue weighted by Gasteiger charge is 2.35. The quantitative estimate of drug-likeness (QED) is 0.644. The molecule has 2 amide bonds. The molecule has 0 unspecified atom stereocenters. The second kappa shape index (κ2) is 10.3. The Balaban J connectivity index is 1.54. The minimum atomic E-state index is -0.475. The Kier molecular flexibility index (Phi) is 7.57. The third-order valence-electron chi connectivity index (χ3n) is 5.06. The molecule has 7 nitrogen and oxygen atoms in total. The molecule has 2 atom stereocenters. The molecule has 0 saturated heterocycles. The molecule has 29 heavy (non-hydrogen) atoms. The van der Waals surface area contributed by atoms with Crippen molar-refractivity contribution >= 4 is 39.3 Å². The first-order valence-electron chi connectivity index (χ1n) is 10.1. The van der Waals surface area contributed by atoms with Crippen LogP contribution >= 0.6 is 11.3 Å². The second-order valence-corrected chi connectivity index (χ2v) is 8.31. The minimum Gasteiger partial charge on any atom is -0.455 e. The van der Waals surface area contributed by atoms with Crippen LogP contribution in [-0.2, 0) is 19.1 Å². The lowest BCUT2D eigenvalue weighted by Gasteiger charge is -2.28. The van der Waals surface area contributed by atoms with Crippen LogP contribution in [0, 0.1) is 5.92 Å². The number of esters is 1. The maximum atomic E-state index is 12.7. The molecule has 1 heterocycles. The van der Waals surface area contributed by atoms with Crippen molar-refractivity contribution in [2.75, 3.05) is 19.7 Å². The first-order chi connectivity index (χ1) is 14.1. The summed E-state index contributed by atoms with van der Waals surface area (Å²) in [5, 5.41) is 6.11. The van der Waals surface area contributed by atoms with E-state index < -0.39 is 5.91 Å².